The first-order valence-corrected chi connectivity index (χ1v) is 9.53. The summed E-state index contributed by atoms with van der Waals surface area (Å²) in [6.45, 7) is 0. The quantitative estimate of drug-likeness (QED) is 0.508. The second-order valence-corrected chi connectivity index (χ2v) is 6.97. The number of aromatic nitrogens is 2. The zero-order valence-electron chi connectivity index (χ0n) is 17.1. The SMILES string of the molecule is COc1ccc(C(NC(=O)Cc2coc3cc(OC)ccc23)c2nccn2C)cc1. The number of carbonyl (C=O) groups excluding carboxylic acids is 1. The molecule has 1 unspecified atom stereocenters. The summed E-state index contributed by atoms with van der Waals surface area (Å²) in [6.07, 6.45) is 5.38. The minimum absolute atomic E-state index is 0.127. The van der Waals surface area contributed by atoms with Gasteiger partial charge in [0.2, 0.25) is 5.91 Å². The molecule has 0 aliphatic heterocycles. The molecule has 0 aliphatic rings. The van der Waals surface area contributed by atoms with Crippen LogP contribution < -0.4 is 14.8 Å². The van der Waals surface area contributed by atoms with Crippen molar-refractivity contribution in [3.63, 3.8) is 0 Å². The number of carbonyl (C=O) groups is 1. The lowest BCUT2D eigenvalue weighted by Gasteiger charge is -2.19. The number of aryl methyl sites for hydroxylation is 1. The number of methoxy groups -OCH3 is 2. The van der Waals surface area contributed by atoms with Crippen LogP contribution in [0.15, 0.2) is 65.5 Å². The number of hydrogen-bond donors (Lipinski definition) is 1. The van der Waals surface area contributed by atoms with Crippen molar-refractivity contribution in [3.8, 4) is 11.5 Å². The van der Waals surface area contributed by atoms with Gasteiger partial charge in [0.1, 0.15) is 28.9 Å². The maximum Gasteiger partial charge on any atom is 0.225 e. The number of rotatable bonds is 7. The third kappa shape index (κ3) is 3.87. The highest BCUT2D eigenvalue weighted by Crippen LogP contribution is 2.27. The molecule has 0 saturated carbocycles. The fourth-order valence-corrected chi connectivity index (χ4v) is 3.46. The number of benzene rings is 2. The van der Waals surface area contributed by atoms with Crippen molar-refractivity contribution in [1.29, 1.82) is 0 Å². The summed E-state index contributed by atoms with van der Waals surface area (Å²) < 4.78 is 18.0. The number of nitrogens with zero attached hydrogens (tertiary/aromatic N) is 2. The number of imidazole rings is 1. The Labute approximate surface area is 174 Å². The minimum Gasteiger partial charge on any atom is -0.497 e. The molecule has 30 heavy (non-hydrogen) atoms. The molecule has 2 aromatic heterocycles. The molecule has 154 valence electrons. The largest absolute Gasteiger partial charge is 0.497 e. The summed E-state index contributed by atoms with van der Waals surface area (Å²) in [5.41, 5.74) is 2.42. The number of amides is 1. The van der Waals surface area contributed by atoms with E-state index in [4.69, 9.17) is 13.9 Å². The number of fused-ring (bicyclic) bond motifs is 1. The van der Waals surface area contributed by atoms with Crippen molar-refractivity contribution in [2.45, 2.75) is 12.5 Å². The molecule has 4 rings (SSSR count). The second kappa shape index (κ2) is 8.32. The van der Waals surface area contributed by atoms with Crippen LogP contribution in [-0.2, 0) is 18.3 Å². The van der Waals surface area contributed by atoms with E-state index in [-0.39, 0.29) is 18.4 Å². The molecule has 7 nitrogen and oxygen atoms in total. The average molecular weight is 405 g/mol. The van der Waals surface area contributed by atoms with Gasteiger partial charge in [-0.3, -0.25) is 4.79 Å². The predicted octanol–water partition coefficient (Wildman–Crippen LogP) is 3.63. The monoisotopic (exact) mass is 405 g/mol. The third-order valence-corrected chi connectivity index (χ3v) is 5.09. The molecule has 0 spiro atoms. The Balaban J connectivity index is 1.58. The highest BCUT2D eigenvalue weighted by atomic mass is 16.5. The Kier molecular flexibility index (Phi) is 5.43. The Morgan fingerprint density at radius 2 is 1.87 bits per heavy atom. The summed E-state index contributed by atoms with van der Waals surface area (Å²) in [4.78, 5) is 17.4. The first kappa shape index (κ1) is 19.6. The van der Waals surface area contributed by atoms with Crippen LogP contribution >= 0.6 is 0 Å². The van der Waals surface area contributed by atoms with Crippen LogP contribution in [-0.4, -0.2) is 29.7 Å². The van der Waals surface area contributed by atoms with Crippen LogP contribution in [0, 0.1) is 0 Å². The molecule has 1 N–H and O–H groups in total. The zero-order chi connectivity index (χ0) is 21.1. The fraction of sp³-hybridized carbons (Fsp3) is 0.217. The summed E-state index contributed by atoms with van der Waals surface area (Å²) in [5, 5.41) is 4.00. The number of furan rings is 1. The van der Waals surface area contributed by atoms with Gasteiger partial charge in [-0.25, -0.2) is 4.98 Å². The molecular weight excluding hydrogens is 382 g/mol. The van der Waals surface area contributed by atoms with E-state index < -0.39 is 0 Å². The van der Waals surface area contributed by atoms with Gasteiger partial charge in [0, 0.05) is 36.5 Å². The van der Waals surface area contributed by atoms with E-state index >= 15 is 0 Å². The zero-order valence-corrected chi connectivity index (χ0v) is 17.1. The van der Waals surface area contributed by atoms with Gasteiger partial charge in [-0.05, 0) is 29.8 Å². The van der Waals surface area contributed by atoms with E-state index in [1.807, 2.05) is 60.3 Å². The van der Waals surface area contributed by atoms with E-state index in [1.54, 1.807) is 26.7 Å². The van der Waals surface area contributed by atoms with Crippen molar-refractivity contribution in [2.75, 3.05) is 14.2 Å². The van der Waals surface area contributed by atoms with Crippen LogP contribution in [0.1, 0.15) is 23.0 Å². The van der Waals surface area contributed by atoms with Gasteiger partial charge in [0.05, 0.1) is 26.9 Å². The molecule has 4 aromatic rings. The van der Waals surface area contributed by atoms with Crippen LogP contribution in [0.3, 0.4) is 0 Å². The lowest BCUT2D eigenvalue weighted by molar-refractivity contribution is -0.121. The standard InChI is InChI=1S/C23H23N3O4/c1-26-11-10-24-23(26)22(15-4-6-17(28-2)7-5-15)25-21(27)12-16-14-30-20-13-18(29-3)8-9-19(16)20/h4-11,13-14,22H,12H2,1-3H3,(H,25,27). The third-order valence-electron chi connectivity index (χ3n) is 5.09. The molecule has 7 heteroatoms. The molecule has 0 saturated heterocycles. The smallest absolute Gasteiger partial charge is 0.225 e. The first-order chi connectivity index (χ1) is 14.6. The van der Waals surface area contributed by atoms with Gasteiger partial charge in [0.15, 0.2) is 0 Å². The summed E-state index contributed by atoms with van der Waals surface area (Å²) in [6, 6.07) is 12.8. The maximum absolute atomic E-state index is 13.0. The first-order valence-electron chi connectivity index (χ1n) is 9.53. The summed E-state index contributed by atoms with van der Waals surface area (Å²) >= 11 is 0. The van der Waals surface area contributed by atoms with Gasteiger partial charge in [0.25, 0.3) is 0 Å². The summed E-state index contributed by atoms with van der Waals surface area (Å²) in [5.74, 6) is 2.08. The van der Waals surface area contributed by atoms with Crippen molar-refractivity contribution < 1.29 is 18.7 Å². The molecule has 0 aliphatic carbocycles. The van der Waals surface area contributed by atoms with Gasteiger partial charge < -0.3 is 23.8 Å². The topological polar surface area (TPSA) is 78.5 Å². The van der Waals surface area contributed by atoms with Crippen LogP contribution in [0.2, 0.25) is 0 Å². The van der Waals surface area contributed by atoms with Crippen molar-refractivity contribution in [3.05, 3.63) is 78.1 Å². The van der Waals surface area contributed by atoms with Crippen molar-refractivity contribution >= 4 is 16.9 Å². The van der Waals surface area contributed by atoms with Gasteiger partial charge >= 0.3 is 0 Å². The average Bonchev–Trinajstić information content (AvgIpc) is 3.37. The molecule has 2 heterocycles. The van der Waals surface area contributed by atoms with Crippen LogP contribution in [0.5, 0.6) is 11.5 Å². The fourth-order valence-electron chi connectivity index (χ4n) is 3.46. The van der Waals surface area contributed by atoms with E-state index in [0.29, 0.717) is 11.3 Å². The highest BCUT2D eigenvalue weighted by Gasteiger charge is 2.22. The predicted molar refractivity (Wildman–Crippen MR) is 113 cm³/mol. The summed E-state index contributed by atoms with van der Waals surface area (Å²) in [7, 11) is 5.13. The second-order valence-electron chi connectivity index (χ2n) is 6.97. The Morgan fingerprint density at radius 1 is 1.13 bits per heavy atom. The molecule has 1 amide bonds. The number of nitrogens with one attached hydrogen (secondary N) is 1. The molecule has 0 fully saturated rings. The molecule has 0 radical (unpaired) electrons. The van der Waals surface area contributed by atoms with E-state index in [9.17, 15) is 4.79 Å². The van der Waals surface area contributed by atoms with Crippen LogP contribution in [0.25, 0.3) is 11.0 Å². The highest BCUT2D eigenvalue weighted by molar-refractivity contribution is 5.88. The van der Waals surface area contributed by atoms with E-state index in [0.717, 1.165) is 28.1 Å². The Morgan fingerprint density at radius 3 is 2.53 bits per heavy atom. The van der Waals surface area contributed by atoms with Gasteiger partial charge in [-0.1, -0.05) is 12.1 Å². The van der Waals surface area contributed by atoms with Crippen LogP contribution in [0.4, 0.5) is 0 Å². The molecular formula is C23H23N3O4. The van der Waals surface area contributed by atoms with E-state index in [1.165, 1.54) is 0 Å². The van der Waals surface area contributed by atoms with Crippen molar-refractivity contribution in [2.24, 2.45) is 7.05 Å². The lowest BCUT2D eigenvalue weighted by atomic mass is 10.0. The Bertz CT molecular complexity index is 1160. The minimum atomic E-state index is -0.387. The number of hydrogen-bond acceptors (Lipinski definition) is 5. The molecule has 2 aromatic carbocycles. The van der Waals surface area contributed by atoms with E-state index in [2.05, 4.69) is 10.3 Å². The molecule has 0 bridgehead atoms. The molecule has 1 atom stereocenters. The Hall–Kier alpha value is -3.74. The lowest BCUT2D eigenvalue weighted by Crippen LogP contribution is -2.32. The maximum atomic E-state index is 13.0. The van der Waals surface area contributed by atoms with Crippen molar-refractivity contribution in [1.82, 2.24) is 14.9 Å². The number of ether oxygens (including phenoxy) is 2. The van der Waals surface area contributed by atoms with Gasteiger partial charge in [-0.2, -0.15) is 0 Å². The normalized spacial score (nSPS) is 12.0. The van der Waals surface area contributed by atoms with Gasteiger partial charge in [-0.15, -0.1) is 0 Å².